The summed E-state index contributed by atoms with van der Waals surface area (Å²) in [5, 5.41) is 8.07. The summed E-state index contributed by atoms with van der Waals surface area (Å²) in [7, 11) is 3.36. The molecule has 0 saturated carbocycles. The number of nitrogens with zero attached hydrogens (tertiary/aromatic N) is 2. The van der Waals surface area contributed by atoms with Gasteiger partial charge in [0.15, 0.2) is 5.96 Å². The molecule has 1 aliphatic rings. The Labute approximate surface area is 189 Å². The van der Waals surface area contributed by atoms with Crippen LogP contribution in [0.4, 0.5) is 5.69 Å². The molecule has 32 heavy (non-hydrogen) atoms. The van der Waals surface area contributed by atoms with Crippen LogP contribution in [-0.2, 0) is 6.54 Å². The minimum Gasteiger partial charge on any atom is -0.497 e. The van der Waals surface area contributed by atoms with Crippen LogP contribution < -0.4 is 25.0 Å². The first-order valence-electron chi connectivity index (χ1n) is 11.2. The van der Waals surface area contributed by atoms with Crippen LogP contribution in [0.1, 0.15) is 25.5 Å². The maximum Gasteiger partial charge on any atom is 0.191 e. The van der Waals surface area contributed by atoms with Gasteiger partial charge < -0.3 is 29.4 Å². The average Bonchev–Trinajstić information content (AvgIpc) is 3.26. The number of fused-ring (bicyclic) bond motifs is 1. The molecular weight excluding hydrogens is 404 g/mol. The van der Waals surface area contributed by atoms with Gasteiger partial charge in [0.1, 0.15) is 29.4 Å². The molecule has 0 aliphatic carbocycles. The molecule has 4 rings (SSSR count). The standard InChI is InChI=1S/C25H32N4O3/c1-4-26-25(27-17-23-13-18-7-5-6-8-24(18)32-23)28-19-9-11-29(12-10-19)20-14-21(30-2)16-22(15-20)31-3/h5-8,13-16,19H,4,9-12,17H2,1-3H3,(H2,26,27,28). The fraction of sp³-hybridized carbons (Fsp3) is 0.400. The van der Waals surface area contributed by atoms with Gasteiger partial charge in [0.2, 0.25) is 0 Å². The minimum atomic E-state index is 0.368. The zero-order valence-electron chi connectivity index (χ0n) is 19.1. The van der Waals surface area contributed by atoms with Crippen molar-refractivity contribution >= 4 is 22.6 Å². The van der Waals surface area contributed by atoms with Crippen molar-refractivity contribution in [2.45, 2.75) is 32.4 Å². The SMILES string of the molecule is CCNC(=NCc1cc2ccccc2o1)NC1CCN(c2cc(OC)cc(OC)c2)CC1. The quantitative estimate of drug-likeness (QED) is 0.428. The molecule has 0 amide bonds. The number of hydrogen-bond acceptors (Lipinski definition) is 5. The van der Waals surface area contributed by atoms with Gasteiger partial charge in [-0.1, -0.05) is 18.2 Å². The summed E-state index contributed by atoms with van der Waals surface area (Å²) in [6.07, 6.45) is 2.04. The molecular formula is C25H32N4O3. The first-order valence-corrected chi connectivity index (χ1v) is 11.2. The second-order valence-electron chi connectivity index (χ2n) is 7.92. The molecule has 2 heterocycles. The lowest BCUT2D eigenvalue weighted by Crippen LogP contribution is -2.48. The number of hydrogen-bond donors (Lipinski definition) is 2. The van der Waals surface area contributed by atoms with Crippen LogP contribution in [0.5, 0.6) is 11.5 Å². The predicted octanol–water partition coefficient (Wildman–Crippen LogP) is 4.17. The fourth-order valence-corrected chi connectivity index (χ4v) is 4.04. The summed E-state index contributed by atoms with van der Waals surface area (Å²) in [4.78, 5) is 7.13. The summed E-state index contributed by atoms with van der Waals surface area (Å²) < 4.78 is 16.7. The highest BCUT2D eigenvalue weighted by atomic mass is 16.5. The lowest BCUT2D eigenvalue weighted by atomic mass is 10.0. The largest absolute Gasteiger partial charge is 0.497 e. The molecule has 1 aromatic heterocycles. The molecule has 2 N–H and O–H groups in total. The average molecular weight is 437 g/mol. The van der Waals surface area contributed by atoms with E-state index in [1.807, 2.05) is 24.3 Å². The van der Waals surface area contributed by atoms with E-state index in [1.165, 1.54) is 0 Å². The van der Waals surface area contributed by atoms with Crippen molar-refractivity contribution in [2.24, 2.45) is 4.99 Å². The summed E-state index contributed by atoms with van der Waals surface area (Å²) in [6.45, 7) is 5.31. The van der Waals surface area contributed by atoms with E-state index in [2.05, 4.69) is 46.7 Å². The maximum atomic E-state index is 5.90. The lowest BCUT2D eigenvalue weighted by Gasteiger charge is -2.34. The second-order valence-corrected chi connectivity index (χ2v) is 7.92. The number of rotatable bonds is 7. The summed E-state index contributed by atoms with van der Waals surface area (Å²) in [5.74, 6) is 3.32. The molecule has 7 nitrogen and oxygen atoms in total. The van der Waals surface area contributed by atoms with Crippen LogP contribution >= 0.6 is 0 Å². The van der Waals surface area contributed by atoms with Crippen molar-refractivity contribution in [3.63, 3.8) is 0 Å². The summed E-state index contributed by atoms with van der Waals surface area (Å²) >= 11 is 0. The monoisotopic (exact) mass is 436 g/mol. The molecule has 1 saturated heterocycles. The van der Waals surface area contributed by atoms with E-state index in [4.69, 9.17) is 18.9 Å². The van der Waals surface area contributed by atoms with Gasteiger partial charge in [0.05, 0.1) is 14.2 Å². The Morgan fingerprint density at radius 1 is 1.06 bits per heavy atom. The van der Waals surface area contributed by atoms with E-state index >= 15 is 0 Å². The van der Waals surface area contributed by atoms with E-state index in [9.17, 15) is 0 Å². The minimum absolute atomic E-state index is 0.368. The molecule has 1 fully saturated rings. The van der Waals surface area contributed by atoms with Gasteiger partial charge in [-0.15, -0.1) is 0 Å². The number of methoxy groups -OCH3 is 2. The molecule has 0 unspecified atom stereocenters. The predicted molar refractivity (Wildman–Crippen MR) is 129 cm³/mol. The molecule has 1 aliphatic heterocycles. The first-order chi connectivity index (χ1) is 15.7. The Morgan fingerprint density at radius 2 is 1.78 bits per heavy atom. The summed E-state index contributed by atoms with van der Waals surface area (Å²) in [5.41, 5.74) is 2.03. The van der Waals surface area contributed by atoms with Crippen molar-refractivity contribution in [3.8, 4) is 11.5 Å². The van der Waals surface area contributed by atoms with Gasteiger partial charge in [-0.25, -0.2) is 4.99 Å². The third-order valence-corrected chi connectivity index (χ3v) is 5.75. The molecule has 0 bridgehead atoms. The molecule has 0 spiro atoms. The number of aliphatic imine (C=N–C) groups is 1. The number of anilines is 1. The zero-order valence-corrected chi connectivity index (χ0v) is 19.1. The van der Waals surface area contributed by atoms with Crippen LogP contribution in [0.2, 0.25) is 0 Å². The van der Waals surface area contributed by atoms with Crippen molar-refractivity contribution in [1.82, 2.24) is 10.6 Å². The highest BCUT2D eigenvalue weighted by Crippen LogP contribution is 2.30. The third-order valence-electron chi connectivity index (χ3n) is 5.75. The topological polar surface area (TPSA) is 71.3 Å². The van der Waals surface area contributed by atoms with Crippen LogP contribution in [0, 0.1) is 0 Å². The van der Waals surface area contributed by atoms with E-state index in [1.54, 1.807) is 14.2 Å². The van der Waals surface area contributed by atoms with E-state index in [0.717, 1.165) is 72.4 Å². The fourth-order valence-electron chi connectivity index (χ4n) is 4.04. The van der Waals surface area contributed by atoms with Crippen LogP contribution in [-0.4, -0.2) is 45.9 Å². The number of furan rings is 1. The van der Waals surface area contributed by atoms with Crippen LogP contribution in [0.15, 0.2) is 57.9 Å². The Morgan fingerprint density at radius 3 is 2.44 bits per heavy atom. The van der Waals surface area contributed by atoms with Crippen molar-refractivity contribution < 1.29 is 13.9 Å². The maximum absolute atomic E-state index is 5.90. The Bertz CT molecular complexity index is 999. The van der Waals surface area contributed by atoms with E-state index in [-0.39, 0.29) is 0 Å². The molecule has 0 atom stereocenters. The number of piperidine rings is 1. The van der Waals surface area contributed by atoms with Crippen molar-refractivity contribution in [1.29, 1.82) is 0 Å². The molecule has 7 heteroatoms. The summed E-state index contributed by atoms with van der Waals surface area (Å²) in [6, 6.07) is 16.5. The van der Waals surface area contributed by atoms with Gasteiger partial charge >= 0.3 is 0 Å². The molecule has 0 radical (unpaired) electrons. The van der Waals surface area contributed by atoms with Crippen LogP contribution in [0.3, 0.4) is 0 Å². The van der Waals surface area contributed by atoms with E-state index in [0.29, 0.717) is 12.6 Å². The van der Waals surface area contributed by atoms with Crippen molar-refractivity contribution in [2.75, 3.05) is 38.8 Å². The van der Waals surface area contributed by atoms with Gasteiger partial charge in [-0.3, -0.25) is 0 Å². The van der Waals surface area contributed by atoms with Crippen molar-refractivity contribution in [3.05, 3.63) is 54.3 Å². The third kappa shape index (κ3) is 5.28. The van der Waals surface area contributed by atoms with Gasteiger partial charge in [-0.05, 0) is 31.9 Å². The highest BCUT2D eigenvalue weighted by molar-refractivity contribution is 5.80. The molecule has 3 aromatic rings. The molecule has 2 aromatic carbocycles. The highest BCUT2D eigenvalue weighted by Gasteiger charge is 2.21. The number of benzene rings is 2. The van der Waals surface area contributed by atoms with Gasteiger partial charge in [0, 0.05) is 54.9 Å². The number of nitrogens with one attached hydrogen (secondary N) is 2. The van der Waals surface area contributed by atoms with Gasteiger partial charge in [0.25, 0.3) is 0 Å². The zero-order chi connectivity index (χ0) is 22.3. The first kappa shape index (κ1) is 21.9. The normalized spacial score (nSPS) is 15.1. The lowest BCUT2D eigenvalue weighted by molar-refractivity contribution is 0.393. The van der Waals surface area contributed by atoms with Crippen LogP contribution in [0.25, 0.3) is 11.0 Å². The smallest absolute Gasteiger partial charge is 0.191 e. The Hall–Kier alpha value is -3.35. The second kappa shape index (κ2) is 10.3. The number of ether oxygens (including phenoxy) is 2. The Balaban J connectivity index is 1.36. The number of para-hydroxylation sites is 1. The molecule has 170 valence electrons. The number of guanidine groups is 1. The van der Waals surface area contributed by atoms with E-state index < -0.39 is 0 Å². The Kier molecular flexibility index (Phi) is 7.04. The van der Waals surface area contributed by atoms with Gasteiger partial charge in [-0.2, -0.15) is 0 Å².